The van der Waals surface area contributed by atoms with Crippen LogP contribution in [0, 0.1) is 24.1 Å². The number of hydrogen-bond donors (Lipinski definition) is 1. The zero-order chi connectivity index (χ0) is 23.6. The maximum absolute atomic E-state index is 14.2. The number of methoxy groups -OCH3 is 2. The molecule has 32 heavy (non-hydrogen) atoms. The summed E-state index contributed by atoms with van der Waals surface area (Å²) >= 11 is 3.15. The second-order valence-electron chi connectivity index (χ2n) is 6.89. The van der Waals surface area contributed by atoms with Crippen LogP contribution in [0.4, 0.5) is 10.1 Å². The standard InChI is InChI=1S/C23H19BrFN3O4/c1-12-9-14(10-16(24)19(12)25)28-20(23(30)32-3)18(22(29)31-2)17(15(11-26)21(28)27)13-7-5-4-6-8-13/h4-10,17H,27H2,1-3H3. The number of ether oxygens (including phenoxy) is 2. The summed E-state index contributed by atoms with van der Waals surface area (Å²) in [5.41, 5.74) is 7.17. The van der Waals surface area contributed by atoms with Crippen LogP contribution in [0.2, 0.25) is 0 Å². The van der Waals surface area contributed by atoms with Gasteiger partial charge in [-0.15, -0.1) is 0 Å². The second kappa shape index (κ2) is 9.24. The number of rotatable bonds is 4. The molecule has 1 aliphatic rings. The molecule has 1 heterocycles. The number of esters is 2. The molecular weight excluding hydrogens is 481 g/mol. The Labute approximate surface area is 192 Å². The maximum Gasteiger partial charge on any atom is 0.355 e. The highest BCUT2D eigenvalue weighted by atomic mass is 79.9. The van der Waals surface area contributed by atoms with Crippen molar-refractivity contribution in [3.63, 3.8) is 0 Å². The Kier molecular flexibility index (Phi) is 6.65. The second-order valence-corrected chi connectivity index (χ2v) is 7.75. The molecule has 0 saturated heterocycles. The number of nitrogens with zero attached hydrogens (tertiary/aromatic N) is 2. The van der Waals surface area contributed by atoms with Crippen molar-refractivity contribution in [3.8, 4) is 6.07 Å². The molecule has 0 spiro atoms. The van der Waals surface area contributed by atoms with E-state index in [1.807, 2.05) is 0 Å². The van der Waals surface area contributed by atoms with Gasteiger partial charge in [0.2, 0.25) is 0 Å². The van der Waals surface area contributed by atoms with Crippen LogP contribution in [0.1, 0.15) is 17.0 Å². The Balaban J connectivity index is 2.44. The molecule has 0 fully saturated rings. The van der Waals surface area contributed by atoms with E-state index in [1.54, 1.807) is 30.3 Å². The lowest BCUT2D eigenvalue weighted by Gasteiger charge is -2.36. The molecule has 1 unspecified atom stereocenters. The Morgan fingerprint density at radius 1 is 1.16 bits per heavy atom. The lowest BCUT2D eigenvalue weighted by Crippen LogP contribution is -2.40. The quantitative estimate of drug-likeness (QED) is 0.637. The average molecular weight is 500 g/mol. The van der Waals surface area contributed by atoms with Gasteiger partial charge in [-0.05, 0) is 46.1 Å². The number of carbonyl (C=O) groups excluding carboxylic acids is 2. The molecule has 7 nitrogen and oxygen atoms in total. The number of nitriles is 1. The molecule has 1 atom stereocenters. The smallest absolute Gasteiger partial charge is 0.355 e. The average Bonchev–Trinajstić information content (AvgIpc) is 2.80. The normalized spacial score (nSPS) is 16.0. The summed E-state index contributed by atoms with van der Waals surface area (Å²) < 4.78 is 24.3. The van der Waals surface area contributed by atoms with Crippen LogP contribution in [0.5, 0.6) is 0 Å². The molecule has 0 radical (unpaired) electrons. The first-order valence-corrected chi connectivity index (χ1v) is 10.2. The van der Waals surface area contributed by atoms with Crippen LogP contribution in [0.15, 0.2) is 69.6 Å². The first-order valence-electron chi connectivity index (χ1n) is 9.38. The first kappa shape index (κ1) is 23.0. The highest BCUT2D eigenvalue weighted by Crippen LogP contribution is 2.43. The number of hydrogen-bond acceptors (Lipinski definition) is 7. The molecule has 0 amide bonds. The van der Waals surface area contributed by atoms with Crippen LogP contribution in [0.3, 0.4) is 0 Å². The van der Waals surface area contributed by atoms with E-state index < -0.39 is 23.7 Å². The van der Waals surface area contributed by atoms with E-state index in [1.165, 1.54) is 31.1 Å². The zero-order valence-corrected chi connectivity index (χ0v) is 19.1. The van der Waals surface area contributed by atoms with Crippen LogP contribution in [-0.4, -0.2) is 26.2 Å². The lowest BCUT2D eigenvalue weighted by molar-refractivity contribution is -0.139. The topological polar surface area (TPSA) is 106 Å². The fourth-order valence-electron chi connectivity index (χ4n) is 3.62. The molecule has 2 aromatic carbocycles. The van der Waals surface area contributed by atoms with Crippen molar-refractivity contribution in [3.05, 3.63) is 86.5 Å². The Bertz CT molecular complexity index is 1180. The van der Waals surface area contributed by atoms with E-state index in [-0.39, 0.29) is 38.4 Å². The molecule has 0 bridgehead atoms. The third-order valence-electron chi connectivity index (χ3n) is 5.06. The number of nitrogens with two attached hydrogens (primary N) is 1. The number of halogens is 2. The van der Waals surface area contributed by atoms with Crippen molar-refractivity contribution >= 4 is 33.6 Å². The fraction of sp³-hybridized carbons (Fsp3) is 0.174. The molecule has 164 valence electrons. The van der Waals surface area contributed by atoms with Crippen LogP contribution in [-0.2, 0) is 19.1 Å². The van der Waals surface area contributed by atoms with E-state index in [9.17, 15) is 19.2 Å². The van der Waals surface area contributed by atoms with Gasteiger partial charge in [0.25, 0.3) is 0 Å². The Hall–Kier alpha value is -3.64. The molecule has 2 aromatic rings. The minimum absolute atomic E-state index is 0.0300. The first-order chi connectivity index (χ1) is 15.3. The van der Waals surface area contributed by atoms with Gasteiger partial charge in [0.05, 0.1) is 41.8 Å². The SMILES string of the molecule is COC(=O)C1=C(C(=O)OC)N(c2cc(C)c(F)c(Br)c2)C(N)=C(C#N)C1c1ccccc1. The van der Waals surface area contributed by atoms with Crippen LogP contribution < -0.4 is 10.6 Å². The highest BCUT2D eigenvalue weighted by molar-refractivity contribution is 9.10. The van der Waals surface area contributed by atoms with Gasteiger partial charge in [-0.25, -0.2) is 14.0 Å². The van der Waals surface area contributed by atoms with E-state index in [4.69, 9.17) is 15.2 Å². The maximum atomic E-state index is 14.2. The van der Waals surface area contributed by atoms with Gasteiger partial charge in [-0.3, -0.25) is 4.90 Å². The summed E-state index contributed by atoms with van der Waals surface area (Å²) in [5.74, 6) is -3.25. The van der Waals surface area contributed by atoms with E-state index in [0.717, 1.165) is 7.11 Å². The van der Waals surface area contributed by atoms with Crippen LogP contribution >= 0.6 is 15.9 Å². The Morgan fingerprint density at radius 3 is 2.31 bits per heavy atom. The molecule has 2 N–H and O–H groups in total. The number of anilines is 1. The van der Waals surface area contributed by atoms with Crippen molar-refractivity contribution in [1.29, 1.82) is 5.26 Å². The minimum atomic E-state index is -0.969. The van der Waals surface area contributed by atoms with Gasteiger partial charge in [0.15, 0.2) is 0 Å². The van der Waals surface area contributed by atoms with Crippen molar-refractivity contribution < 1.29 is 23.5 Å². The van der Waals surface area contributed by atoms with Gasteiger partial charge in [0.1, 0.15) is 17.3 Å². The summed E-state index contributed by atoms with van der Waals surface area (Å²) in [5, 5.41) is 9.99. The van der Waals surface area contributed by atoms with E-state index in [2.05, 4.69) is 22.0 Å². The summed E-state index contributed by atoms with van der Waals surface area (Å²) in [6.45, 7) is 1.54. The molecule has 0 saturated carbocycles. The molecule has 0 aromatic heterocycles. The monoisotopic (exact) mass is 499 g/mol. The van der Waals surface area contributed by atoms with Crippen molar-refractivity contribution in [2.45, 2.75) is 12.8 Å². The Morgan fingerprint density at radius 2 is 1.78 bits per heavy atom. The summed E-state index contributed by atoms with van der Waals surface area (Å²) in [4.78, 5) is 27.1. The third kappa shape index (κ3) is 3.85. The number of carbonyl (C=O) groups is 2. The highest BCUT2D eigenvalue weighted by Gasteiger charge is 2.43. The molecule has 9 heteroatoms. The predicted molar refractivity (Wildman–Crippen MR) is 118 cm³/mol. The van der Waals surface area contributed by atoms with Gasteiger partial charge in [-0.1, -0.05) is 30.3 Å². The van der Waals surface area contributed by atoms with E-state index >= 15 is 0 Å². The molecule has 3 rings (SSSR count). The number of benzene rings is 2. The van der Waals surface area contributed by atoms with E-state index in [0.29, 0.717) is 5.56 Å². The van der Waals surface area contributed by atoms with Gasteiger partial charge in [0, 0.05) is 5.69 Å². The van der Waals surface area contributed by atoms with Crippen LogP contribution in [0.25, 0.3) is 0 Å². The summed E-state index contributed by atoms with van der Waals surface area (Å²) in [6.07, 6.45) is 0. The number of allylic oxidation sites excluding steroid dienone is 1. The molecule has 0 aliphatic carbocycles. The predicted octanol–water partition coefficient (Wildman–Crippen LogP) is 3.79. The van der Waals surface area contributed by atoms with Crippen molar-refractivity contribution in [1.82, 2.24) is 0 Å². The van der Waals surface area contributed by atoms with Gasteiger partial charge < -0.3 is 15.2 Å². The largest absolute Gasteiger partial charge is 0.466 e. The molecular formula is C23H19BrFN3O4. The molecule has 1 aliphatic heterocycles. The van der Waals surface area contributed by atoms with Gasteiger partial charge in [-0.2, -0.15) is 5.26 Å². The van der Waals surface area contributed by atoms with Crippen molar-refractivity contribution in [2.24, 2.45) is 5.73 Å². The van der Waals surface area contributed by atoms with Gasteiger partial charge >= 0.3 is 11.9 Å². The number of aryl methyl sites for hydroxylation is 1. The van der Waals surface area contributed by atoms with Crippen molar-refractivity contribution in [2.75, 3.05) is 19.1 Å². The minimum Gasteiger partial charge on any atom is -0.466 e. The summed E-state index contributed by atoms with van der Waals surface area (Å²) in [6, 6.07) is 13.6. The fourth-order valence-corrected chi connectivity index (χ4v) is 4.17. The summed E-state index contributed by atoms with van der Waals surface area (Å²) in [7, 11) is 2.33. The third-order valence-corrected chi connectivity index (χ3v) is 5.64. The lowest BCUT2D eigenvalue weighted by atomic mass is 9.81. The zero-order valence-electron chi connectivity index (χ0n) is 17.5.